The van der Waals surface area contributed by atoms with Crippen molar-refractivity contribution >= 4 is 39.3 Å². The predicted molar refractivity (Wildman–Crippen MR) is 98.0 cm³/mol. The van der Waals surface area contributed by atoms with Crippen LogP contribution in [-0.4, -0.2) is 10.8 Å². The van der Waals surface area contributed by atoms with Crippen LogP contribution in [0.5, 0.6) is 0 Å². The molecule has 0 aliphatic carbocycles. The molecule has 0 aliphatic rings. The fraction of sp³-hybridized carbons (Fsp3) is 0.111. The molecule has 3 nitrogen and oxygen atoms in total. The van der Waals surface area contributed by atoms with Crippen LogP contribution in [0.25, 0.3) is 5.70 Å². The van der Waals surface area contributed by atoms with Crippen LogP contribution >= 0.6 is 27.7 Å². The van der Waals surface area contributed by atoms with Crippen molar-refractivity contribution in [3.05, 3.63) is 75.6 Å². The first kappa shape index (κ1) is 17.3. The third-order valence-electron chi connectivity index (χ3n) is 3.22. The average Bonchev–Trinajstić information content (AvgIpc) is 2.56. The standard InChI is InChI=1S/C18H15BrN2OS/c1-14(22)21(11-15-5-3-2-4-6-15)18(12-23-13-20)16-7-9-17(19)10-8-16/h2-10,12H,11H2,1H3. The SMILES string of the molecule is CC(=O)N(Cc1ccccc1)C(=CSC#N)c1ccc(Br)cc1. The molecule has 0 aromatic heterocycles. The first-order chi connectivity index (χ1) is 11.1. The predicted octanol–water partition coefficient (Wildman–Crippen LogP) is 5.01. The molecule has 0 spiro atoms. The number of rotatable bonds is 5. The van der Waals surface area contributed by atoms with Crippen LogP contribution in [0.15, 0.2) is 64.5 Å². The summed E-state index contributed by atoms with van der Waals surface area (Å²) in [5, 5.41) is 12.6. The molecule has 0 saturated heterocycles. The largest absolute Gasteiger partial charge is 0.307 e. The van der Waals surface area contributed by atoms with Gasteiger partial charge in [0.25, 0.3) is 0 Å². The maximum atomic E-state index is 12.2. The van der Waals surface area contributed by atoms with E-state index in [1.807, 2.05) is 60.0 Å². The second kappa shape index (κ2) is 8.56. The zero-order valence-corrected chi connectivity index (χ0v) is 15.0. The highest BCUT2D eigenvalue weighted by Crippen LogP contribution is 2.26. The molecule has 0 aliphatic heterocycles. The van der Waals surface area contributed by atoms with Gasteiger partial charge < -0.3 is 4.90 Å². The van der Waals surface area contributed by atoms with E-state index in [0.717, 1.165) is 33.1 Å². The average molecular weight is 387 g/mol. The Kier molecular flexibility index (Phi) is 6.45. The molecule has 0 radical (unpaired) electrons. The Morgan fingerprint density at radius 3 is 2.43 bits per heavy atom. The minimum Gasteiger partial charge on any atom is -0.307 e. The molecule has 0 heterocycles. The fourth-order valence-electron chi connectivity index (χ4n) is 2.12. The van der Waals surface area contributed by atoms with E-state index < -0.39 is 0 Å². The fourth-order valence-corrected chi connectivity index (χ4v) is 2.81. The van der Waals surface area contributed by atoms with Crippen molar-refractivity contribution in [3.63, 3.8) is 0 Å². The lowest BCUT2D eigenvalue weighted by atomic mass is 10.1. The molecule has 0 saturated carbocycles. The van der Waals surface area contributed by atoms with Crippen molar-refractivity contribution in [2.45, 2.75) is 13.5 Å². The second-order valence-corrected chi connectivity index (χ2v) is 6.38. The number of thioether (sulfide) groups is 1. The number of thiocyanates is 1. The molecule has 1 amide bonds. The monoisotopic (exact) mass is 386 g/mol. The van der Waals surface area contributed by atoms with E-state index in [1.54, 1.807) is 10.3 Å². The number of nitriles is 1. The maximum Gasteiger partial charge on any atom is 0.224 e. The van der Waals surface area contributed by atoms with Gasteiger partial charge in [0.05, 0.1) is 12.2 Å². The Morgan fingerprint density at radius 2 is 1.87 bits per heavy atom. The van der Waals surface area contributed by atoms with Gasteiger partial charge in [0.15, 0.2) is 0 Å². The Hall–Kier alpha value is -2.03. The number of amides is 1. The van der Waals surface area contributed by atoms with Gasteiger partial charge >= 0.3 is 0 Å². The normalized spacial score (nSPS) is 10.9. The first-order valence-electron chi connectivity index (χ1n) is 6.94. The topological polar surface area (TPSA) is 44.1 Å². The molecule has 2 aromatic carbocycles. The van der Waals surface area contributed by atoms with Crippen molar-refractivity contribution in [2.75, 3.05) is 0 Å². The summed E-state index contributed by atoms with van der Waals surface area (Å²) < 4.78 is 0.964. The number of benzene rings is 2. The quantitative estimate of drug-likeness (QED) is 0.678. The molecule has 2 aromatic rings. The molecule has 0 fully saturated rings. The zero-order valence-electron chi connectivity index (χ0n) is 12.6. The van der Waals surface area contributed by atoms with E-state index >= 15 is 0 Å². The van der Waals surface area contributed by atoms with Crippen LogP contribution < -0.4 is 0 Å². The van der Waals surface area contributed by atoms with Crippen molar-refractivity contribution in [1.82, 2.24) is 4.90 Å². The van der Waals surface area contributed by atoms with Crippen LogP contribution in [0.4, 0.5) is 0 Å². The highest BCUT2D eigenvalue weighted by molar-refractivity contribution is 9.10. The molecular weight excluding hydrogens is 372 g/mol. The summed E-state index contributed by atoms with van der Waals surface area (Å²) in [6.07, 6.45) is 0. The molecule has 0 unspecified atom stereocenters. The highest BCUT2D eigenvalue weighted by Gasteiger charge is 2.16. The summed E-state index contributed by atoms with van der Waals surface area (Å²) in [5.41, 5.74) is 2.65. The summed E-state index contributed by atoms with van der Waals surface area (Å²) in [7, 11) is 0. The van der Waals surface area contributed by atoms with Gasteiger partial charge in [0, 0.05) is 16.8 Å². The number of nitrogens with zero attached hydrogens (tertiary/aromatic N) is 2. The lowest BCUT2D eigenvalue weighted by molar-refractivity contribution is -0.126. The zero-order chi connectivity index (χ0) is 16.7. The molecule has 0 atom stereocenters. The Morgan fingerprint density at radius 1 is 1.22 bits per heavy atom. The van der Waals surface area contributed by atoms with Gasteiger partial charge in [-0.25, -0.2) is 0 Å². The Balaban J connectivity index is 2.39. The first-order valence-corrected chi connectivity index (χ1v) is 8.62. The van der Waals surface area contributed by atoms with Crippen LogP contribution in [-0.2, 0) is 11.3 Å². The molecule has 2 rings (SSSR count). The van der Waals surface area contributed by atoms with E-state index in [-0.39, 0.29) is 5.91 Å². The van der Waals surface area contributed by atoms with Gasteiger partial charge in [-0.2, -0.15) is 5.26 Å². The van der Waals surface area contributed by atoms with Gasteiger partial charge in [0.1, 0.15) is 5.40 Å². The van der Waals surface area contributed by atoms with E-state index in [2.05, 4.69) is 15.9 Å². The van der Waals surface area contributed by atoms with E-state index in [0.29, 0.717) is 6.54 Å². The summed E-state index contributed by atoms with van der Waals surface area (Å²) in [6, 6.07) is 17.5. The van der Waals surface area contributed by atoms with Gasteiger partial charge in [-0.3, -0.25) is 4.79 Å². The van der Waals surface area contributed by atoms with E-state index in [1.165, 1.54) is 6.92 Å². The third-order valence-corrected chi connectivity index (χ3v) is 4.19. The summed E-state index contributed by atoms with van der Waals surface area (Å²) in [6.45, 7) is 2.00. The van der Waals surface area contributed by atoms with Crippen molar-refractivity contribution in [3.8, 4) is 5.40 Å². The minimum atomic E-state index is -0.0680. The molecule has 116 valence electrons. The summed E-state index contributed by atoms with van der Waals surface area (Å²) in [5.74, 6) is -0.0680. The van der Waals surface area contributed by atoms with E-state index in [4.69, 9.17) is 5.26 Å². The van der Waals surface area contributed by atoms with Gasteiger partial charge in [-0.15, -0.1) is 0 Å². The molecule has 0 N–H and O–H groups in total. The number of carbonyl (C=O) groups is 1. The van der Waals surface area contributed by atoms with Gasteiger partial charge in [0.2, 0.25) is 5.91 Å². The van der Waals surface area contributed by atoms with Crippen LogP contribution in [0.3, 0.4) is 0 Å². The lowest BCUT2D eigenvalue weighted by Gasteiger charge is -2.24. The maximum absolute atomic E-state index is 12.2. The van der Waals surface area contributed by atoms with Crippen LogP contribution in [0, 0.1) is 10.7 Å². The summed E-state index contributed by atoms with van der Waals surface area (Å²) >= 11 is 4.42. The third kappa shape index (κ3) is 4.98. The van der Waals surface area contributed by atoms with Crippen molar-refractivity contribution in [2.24, 2.45) is 0 Å². The van der Waals surface area contributed by atoms with Crippen molar-refractivity contribution < 1.29 is 4.79 Å². The number of hydrogen-bond acceptors (Lipinski definition) is 3. The Labute approximate surface area is 148 Å². The van der Waals surface area contributed by atoms with Gasteiger partial charge in [-0.1, -0.05) is 58.4 Å². The van der Waals surface area contributed by atoms with Crippen LogP contribution in [0.1, 0.15) is 18.1 Å². The van der Waals surface area contributed by atoms with Crippen molar-refractivity contribution in [1.29, 1.82) is 5.26 Å². The van der Waals surface area contributed by atoms with Crippen LogP contribution in [0.2, 0.25) is 0 Å². The minimum absolute atomic E-state index is 0.0680. The van der Waals surface area contributed by atoms with E-state index in [9.17, 15) is 4.79 Å². The molecule has 5 heteroatoms. The number of halogens is 1. The molecule has 23 heavy (non-hydrogen) atoms. The molecule has 0 bridgehead atoms. The highest BCUT2D eigenvalue weighted by atomic mass is 79.9. The summed E-state index contributed by atoms with van der Waals surface area (Å²) in [4.78, 5) is 13.9. The molecular formula is C18H15BrN2OS. The number of hydrogen-bond donors (Lipinski definition) is 0. The number of carbonyl (C=O) groups excluding carboxylic acids is 1. The van der Waals surface area contributed by atoms with Gasteiger partial charge in [-0.05, 0) is 35.0 Å². The Bertz CT molecular complexity index is 736. The second-order valence-electron chi connectivity index (χ2n) is 4.81. The smallest absolute Gasteiger partial charge is 0.224 e. The lowest BCUT2D eigenvalue weighted by Crippen LogP contribution is -2.26.